The van der Waals surface area contributed by atoms with Crippen molar-refractivity contribution in [3.63, 3.8) is 0 Å². The van der Waals surface area contributed by atoms with Gasteiger partial charge in [-0.25, -0.2) is 9.97 Å². The van der Waals surface area contributed by atoms with Crippen LogP contribution in [0.15, 0.2) is 12.4 Å². The van der Waals surface area contributed by atoms with Gasteiger partial charge in [0.05, 0.1) is 24.5 Å². The first-order valence-corrected chi connectivity index (χ1v) is 7.73. The molecule has 0 saturated carbocycles. The lowest BCUT2D eigenvalue weighted by Gasteiger charge is -2.26. The highest BCUT2D eigenvalue weighted by molar-refractivity contribution is 5.72. The molecule has 6 nitrogen and oxygen atoms in total. The van der Waals surface area contributed by atoms with Crippen molar-refractivity contribution in [2.24, 2.45) is 5.92 Å². The Kier molecular flexibility index (Phi) is 4.22. The summed E-state index contributed by atoms with van der Waals surface area (Å²) in [6.07, 6.45) is 7.85. The summed E-state index contributed by atoms with van der Waals surface area (Å²) in [5.41, 5.74) is 0.891. The number of cyclic esters (lactones) is 1. The molecule has 0 spiro atoms. The van der Waals surface area contributed by atoms with Crippen molar-refractivity contribution in [1.82, 2.24) is 9.97 Å². The highest BCUT2D eigenvalue weighted by Gasteiger charge is 2.30. The normalized spacial score (nSPS) is 25.8. The molecule has 2 saturated heterocycles. The van der Waals surface area contributed by atoms with Gasteiger partial charge in [0.25, 0.3) is 0 Å². The number of anilines is 2. The predicted molar refractivity (Wildman–Crippen MR) is 80.2 cm³/mol. The Balaban J connectivity index is 1.53. The zero-order valence-corrected chi connectivity index (χ0v) is 12.4. The summed E-state index contributed by atoms with van der Waals surface area (Å²) >= 11 is 0. The van der Waals surface area contributed by atoms with E-state index in [-0.39, 0.29) is 18.0 Å². The number of hydrogen-bond acceptors (Lipinski definition) is 6. The topological polar surface area (TPSA) is 67.3 Å². The zero-order valence-electron chi connectivity index (χ0n) is 12.4. The third-order valence-electron chi connectivity index (χ3n) is 4.26. The number of rotatable bonds is 4. The molecule has 1 N–H and O–H groups in total. The number of hydrogen-bond donors (Lipinski definition) is 1. The lowest BCUT2D eigenvalue weighted by Crippen LogP contribution is -2.31. The summed E-state index contributed by atoms with van der Waals surface area (Å²) in [6, 6.07) is 0. The number of carbonyl (C=O) groups excluding carboxylic acids is 1. The molecule has 2 atom stereocenters. The van der Waals surface area contributed by atoms with Crippen LogP contribution < -0.4 is 10.2 Å². The van der Waals surface area contributed by atoms with Crippen molar-refractivity contribution < 1.29 is 9.53 Å². The Hall–Kier alpha value is -1.85. The standard InChI is InChI=1S/C15H22N4O2/c1-11-12(7-14(20)21-11)8-16-13-9-17-15(18-10-13)19-5-3-2-4-6-19/h9-12,16H,2-8H2,1H3. The maximum atomic E-state index is 11.2. The van der Waals surface area contributed by atoms with Crippen molar-refractivity contribution in [3.8, 4) is 0 Å². The summed E-state index contributed by atoms with van der Waals surface area (Å²) < 4.78 is 5.14. The second-order valence-corrected chi connectivity index (χ2v) is 5.86. The summed E-state index contributed by atoms with van der Waals surface area (Å²) in [7, 11) is 0. The third-order valence-corrected chi connectivity index (χ3v) is 4.26. The third kappa shape index (κ3) is 3.43. The van der Waals surface area contributed by atoms with E-state index in [0.29, 0.717) is 13.0 Å². The van der Waals surface area contributed by atoms with Crippen LogP contribution >= 0.6 is 0 Å². The highest BCUT2D eigenvalue weighted by atomic mass is 16.5. The average molecular weight is 290 g/mol. The minimum absolute atomic E-state index is 0.0152. The van der Waals surface area contributed by atoms with Crippen molar-refractivity contribution in [2.45, 2.75) is 38.7 Å². The fourth-order valence-electron chi connectivity index (χ4n) is 2.89. The van der Waals surface area contributed by atoms with Crippen LogP contribution in [0.4, 0.5) is 11.6 Å². The van der Waals surface area contributed by atoms with E-state index in [1.165, 1.54) is 19.3 Å². The number of nitrogens with zero attached hydrogens (tertiary/aromatic N) is 3. The van der Waals surface area contributed by atoms with Gasteiger partial charge in [0, 0.05) is 25.6 Å². The van der Waals surface area contributed by atoms with Crippen LogP contribution in [0.25, 0.3) is 0 Å². The Morgan fingerprint density at radius 2 is 2.00 bits per heavy atom. The van der Waals surface area contributed by atoms with Gasteiger partial charge in [-0.1, -0.05) is 0 Å². The van der Waals surface area contributed by atoms with E-state index in [4.69, 9.17) is 4.74 Å². The van der Waals surface area contributed by atoms with Gasteiger partial charge in [-0.05, 0) is 26.2 Å². The van der Waals surface area contributed by atoms with Crippen LogP contribution in [-0.4, -0.2) is 41.7 Å². The highest BCUT2D eigenvalue weighted by Crippen LogP contribution is 2.22. The van der Waals surface area contributed by atoms with Crippen molar-refractivity contribution in [3.05, 3.63) is 12.4 Å². The molecule has 0 radical (unpaired) electrons. The van der Waals surface area contributed by atoms with E-state index in [1.807, 2.05) is 19.3 Å². The molecule has 3 heterocycles. The fourth-order valence-corrected chi connectivity index (χ4v) is 2.89. The lowest BCUT2D eigenvalue weighted by atomic mass is 10.0. The van der Waals surface area contributed by atoms with Crippen LogP contribution in [0.5, 0.6) is 0 Å². The molecule has 2 aliphatic rings. The Morgan fingerprint density at radius 1 is 1.29 bits per heavy atom. The second-order valence-electron chi connectivity index (χ2n) is 5.86. The Morgan fingerprint density at radius 3 is 2.62 bits per heavy atom. The molecule has 21 heavy (non-hydrogen) atoms. The van der Waals surface area contributed by atoms with Gasteiger partial charge >= 0.3 is 5.97 Å². The quantitative estimate of drug-likeness (QED) is 0.853. The molecule has 0 amide bonds. The molecule has 0 aliphatic carbocycles. The number of esters is 1. The number of aromatic nitrogens is 2. The summed E-state index contributed by atoms with van der Waals surface area (Å²) in [4.78, 5) is 22.3. The molecule has 6 heteroatoms. The first kappa shape index (κ1) is 14.1. The molecule has 2 aliphatic heterocycles. The van der Waals surface area contributed by atoms with Crippen LogP contribution in [0.1, 0.15) is 32.6 Å². The molecule has 1 aromatic rings. The van der Waals surface area contributed by atoms with E-state index in [9.17, 15) is 4.79 Å². The molecular formula is C15H22N4O2. The molecule has 1 aromatic heterocycles. The van der Waals surface area contributed by atoms with Gasteiger partial charge < -0.3 is 15.0 Å². The van der Waals surface area contributed by atoms with E-state index in [1.54, 1.807) is 0 Å². The largest absolute Gasteiger partial charge is 0.462 e. The van der Waals surface area contributed by atoms with Gasteiger partial charge in [0.1, 0.15) is 6.10 Å². The van der Waals surface area contributed by atoms with Gasteiger partial charge in [0.15, 0.2) is 0 Å². The number of carbonyl (C=O) groups is 1. The van der Waals surface area contributed by atoms with Crippen LogP contribution in [0.3, 0.4) is 0 Å². The molecule has 114 valence electrons. The monoisotopic (exact) mass is 290 g/mol. The second kappa shape index (κ2) is 6.28. The minimum Gasteiger partial charge on any atom is -0.462 e. The summed E-state index contributed by atoms with van der Waals surface area (Å²) in [6.45, 7) is 4.74. The Labute approximate surface area is 124 Å². The SMILES string of the molecule is CC1OC(=O)CC1CNc1cnc(N2CCCCC2)nc1. The number of ether oxygens (including phenoxy) is 1. The number of nitrogens with one attached hydrogen (secondary N) is 1. The molecule has 2 unspecified atom stereocenters. The first-order chi connectivity index (χ1) is 10.2. The maximum absolute atomic E-state index is 11.2. The van der Waals surface area contributed by atoms with E-state index in [2.05, 4.69) is 20.2 Å². The number of piperidine rings is 1. The lowest BCUT2D eigenvalue weighted by molar-refractivity contribution is -0.140. The molecule has 0 aromatic carbocycles. The van der Waals surface area contributed by atoms with Crippen molar-refractivity contribution in [2.75, 3.05) is 29.9 Å². The Bertz CT molecular complexity index is 485. The molecule has 3 rings (SSSR count). The fraction of sp³-hybridized carbons (Fsp3) is 0.667. The molecular weight excluding hydrogens is 268 g/mol. The van der Waals surface area contributed by atoms with Gasteiger partial charge in [-0.15, -0.1) is 0 Å². The van der Waals surface area contributed by atoms with E-state index in [0.717, 1.165) is 24.7 Å². The summed E-state index contributed by atoms with van der Waals surface area (Å²) in [5.74, 6) is 0.929. The van der Waals surface area contributed by atoms with E-state index >= 15 is 0 Å². The zero-order chi connectivity index (χ0) is 14.7. The van der Waals surface area contributed by atoms with Crippen molar-refractivity contribution >= 4 is 17.6 Å². The first-order valence-electron chi connectivity index (χ1n) is 7.73. The van der Waals surface area contributed by atoms with Crippen LogP contribution in [0.2, 0.25) is 0 Å². The molecule has 2 fully saturated rings. The van der Waals surface area contributed by atoms with E-state index < -0.39 is 0 Å². The van der Waals surface area contributed by atoms with Gasteiger partial charge in [0.2, 0.25) is 5.95 Å². The van der Waals surface area contributed by atoms with Gasteiger partial charge in [-0.3, -0.25) is 4.79 Å². The maximum Gasteiger partial charge on any atom is 0.306 e. The average Bonchev–Trinajstić information content (AvgIpc) is 2.84. The summed E-state index contributed by atoms with van der Waals surface area (Å²) in [5, 5.41) is 3.29. The van der Waals surface area contributed by atoms with Crippen LogP contribution in [-0.2, 0) is 9.53 Å². The van der Waals surface area contributed by atoms with Gasteiger partial charge in [-0.2, -0.15) is 0 Å². The minimum atomic E-state index is -0.106. The van der Waals surface area contributed by atoms with Crippen molar-refractivity contribution in [1.29, 1.82) is 0 Å². The predicted octanol–water partition coefficient (Wildman–Crippen LogP) is 1.83. The van der Waals surface area contributed by atoms with Crippen LogP contribution in [0, 0.1) is 5.92 Å². The molecule has 0 bridgehead atoms. The smallest absolute Gasteiger partial charge is 0.306 e.